The predicted molar refractivity (Wildman–Crippen MR) is 74.9 cm³/mol. The normalized spacial score (nSPS) is 31.7. The molecule has 0 radical (unpaired) electrons. The summed E-state index contributed by atoms with van der Waals surface area (Å²) < 4.78 is 5.06. The first kappa shape index (κ1) is 13.8. The average Bonchev–Trinajstić information content (AvgIpc) is 1.78. The van der Waals surface area contributed by atoms with Gasteiger partial charge in [-0.1, -0.05) is 0 Å². The van der Waals surface area contributed by atoms with Gasteiger partial charge in [-0.05, 0) is 72.5 Å². The van der Waals surface area contributed by atoms with Crippen LogP contribution in [0.2, 0.25) is 0 Å². The molecule has 0 spiro atoms. The molecule has 0 aromatic rings. The number of halogens is 2. The topological polar surface area (TPSA) is 6.48 Å². The molecule has 1 rings (SSSR count). The van der Waals surface area contributed by atoms with Crippen LogP contribution in [0.5, 0.6) is 0 Å². The zero-order valence-electron chi connectivity index (χ0n) is 9.54. The van der Waals surface area contributed by atoms with Crippen LogP contribution in [0.15, 0.2) is 0 Å². The van der Waals surface area contributed by atoms with Crippen molar-refractivity contribution in [3.8, 4) is 0 Å². The van der Waals surface area contributed by atoms with Crippen LogP contribution in [0.25, 0.3) is 0 Å². The molecule has 1 saturated heterocycles. The maximum absolute atomic E-state index is 3.81. The van der Waals surface area contributed by atoms with E-state index < -0.39 is 0 Å². The molecule has 84 valence electrons. The molecule has 0 aromatic carbocycles. The summed E-state index contributed by atoms with van der Waals surface area (Å²) in [5.41, 5.74) is 0.484. The van der Waals surface area contributed by atoms with E-state index in [0.717, 1.165) is 0 Å². The van der Waals surface area contributed by atoms with Gasteiger partial charge in [-0.15, -0.1) is 0 Å². The standard InChI is InChI=1S/C8H18Br2N2P2/c1-7(2,3)11-13(9)12(14(11)10)8(4,5)6/h1-6H3. The largest absolute Gasteiger partial charge is 0.211 e. The van der Waals surface area contributed by atoms with Crippen molar-refractivity contribution in [1.29, 1.82) is 0 Å². The summed E-state index contributed by atoms with van der Waals surface area (Å²) in [6.45, 7) is 13.0. The second kappa shape index (κ2) is 4.20. The molecule has 0 unspecified atom stereocenters. The van der Waals surface area contributed by atoms with E-state index >= 15 is 0 Å². The van der Waals surface area contributed by atoms with Gasteiger partial charge in [0.25, 0.3) is 0 Å². The van der Waals surface area contributed by atoms with Crippen molar-refractivity contribution in [3.05, 3.63) is 0 Å². The highest BCUT2D eigenvalue weighted by atomic mass is 79.9. The van der Waals surface area contributed by atoms with Crippen LogP contribution >= 0.6 is 44.8 Å². The Morgan fingerprint density at radius 1 is 0.714 bits per heavy atom. The van der Waals surface area contributed by atoms with E-state index in [2.05, 4.69) is 81.4 Å². The lowest BCUT2D eigenvalue weighted by Crippen LogP contribution is -2.49. The first-order chi connectivity index (χ1) is 6.07. The highest BCUT2D eigenvalue weighted by molar-refractivity contribution is 9.44. The van der Waals surface area contributed by atoms with Crippen LogP contribution in [-0.4, -0.2) is 20.0 Å². The minimum Gasteiger partial charge on any atom is -0.211 e. The molecule has 0 atom stereocenters. The third-order valence-electron chi connectivity index (χ3n) is 1.83. The van der Waals surface area contributed by atoms with E-state index in [1.165, 1.54) is 0 Å². The van der Waals surface area contributed by atoms with Crippen LogP contribution in [0, 0.1) is 0 Å². The summed E-state index contributed by atoms with van der Waals surface area (Å²) in [4.78, 5) is 0. The van der Waals surface area contributed by atoms with E-state index in [-0.39, 0.29) is 24.9 Å². The van der Waals surface area contributed by atoms with Crippen LogP contribution in [0.1, 0.15) is 41.5 Å². The second-order valence-electron chi connectivity index (χ2n) is 5.40. The molecule has 0 N–H and O–H groups in total. The van der Waals surface area contributed by atoms with E-state index in [1.807, 2.05) is 0 Å². The number of rotatable bonds is 0. The molecule has 0 saturated carbocycles. The first-order valence-electron chi connectivity index (χ1n) is 4.59. The molecule has 0 aromatic heterocycles. The Bertz CT molecular complexity index is 192. The van der Waals surface area contributed by atoms with Crippen LogP contribution in [-0.2, 0) is 0 Å². The zero-order valence-corrected chi connectivity index (χ0v) is 14.5. The van der Waals surface area contributed by atoms with E-state index in [0.29, 0.717) is 0 Å². The molecule has 0 aliphatic carbocycles. The Morgan fingerprint density at radius 3 is 1.07 bits per heavy atom. The fraction of sp³-hybridized carbons (Fsp3) is 1.00. The molecule has 1 heterocycles. The van der Waals surface area contributed by atoms with Crippen molar-refractivity contribution in [1.82, 2.24) is 8.88 Å². The van der Waals surface area contributed by atoms with Crippen molar-refractivity contribution in [2.45, 2.75) is 52.6 Å². The second-order valence-corrected chi connectivity index (χ2v) is 12.4. The molecule has 2 nitrogen and oxygen atoms in total. The van der Waals surface area contributed by atoms with Gasteiger partial charge in [-0.25, -0.2) is 8.88 Å². The Labute approximate surface area is 106 Å². The lowest BCUT2D eigenvalue weighted by molar-refractivity contribution is 0.298. The summed E-state index contributed by atoms with van der Waals surface area (Å²) in [6, 6.07) is 0. The number of nitrogens with zero attached hydrogens (tertiary/aromatic N) is 2. The quantitative estimate of drug-likeness (QED) is 0.528. The van der Waals surface area contributed by atoms with Crippen molar-refractivity contribution in [2.24, 2.45) is 0 Å². The third kappa shape index (κ3) is 2.52. The minimum absolute atomic E-state index is 0.242. The highest BCUT2D eigenvalue weighted by Gasteiger charge is 2.53. The zero-order chi connectivity index (χ0) is 11.3. The maximum Gasteiger partial charge on any atom is 0.125 e. The fourth-order valence-corrected chi connectivity index (χ4v) is 18.9. The fourth-order valence-electron chi connectivity index (χ4n) is 1.24. The Hall–Kier alpha value is 1.74. The smallest absolute Gasteiger partial charge is 0.125 e. The van der Waals surface area contributed by atoms with Crippen molar-refractivity contribution in [3.63, 3.8) is 0 Å². The highest BCUT2D eigenvalue weighted by Crippen LogP contribution is 2.86. The van der Waals surface area contributed by atoms with E-state index in [4.69, 9.17) is 0 Å². The van der Waals surface area contributed by atoms with Gasteiger partial charge in [0.2, 0.25) is 0 Å². The van der Waals surface area contributed by atoms with E-state index in [1.54, 1.807) is 0 Å². The summed E-state index contributed by atoms with van der Waals surface area (Å²) in [7, 11) is 0. The Kier molecular flexibility index (Phi) is 4.14. The first-order valence-corrected chi connectivity index (χ1v) is 11.1. The molecule has 0 bridgehead atoms. The average molecular weight is 364 g/mol. The Morgan fingerprint density at radius 2 is 0.929 bits per heavy atom. The van der Waals surface area contributed by atoms with Gasteiger partial charge in [0.1, 0.15) is 13.9 Å². The van der Waals surface area contributed by atoms with Gasteiger partial charge in [-0.3, -0.25) is 0 Å². The molecule has 0 amide bonds. The lowest BCUT2D eigenvalue weighted by atomic mass is 10.1. The van der Waals surface area contributed by atoms with E-state index in [9.17, 15) is 0 Å². The van der Waals surface area contributed by atoms with Crippen molar-refractivity contribution < 1.29 is 0 Å². The van der Waals surface area contributed by atoms with Crippen LogP contribution in [0.4, 0.5) is 0 Å². The van der Waals surface area contributed by atoms with Gasteiger partial charge in [0.15, 0.2) is 0 Å². The summed E-state index contributed by atoms with van der Waals surface area (Å²) in [6.07, 6.45) is 0. The molecule has 1 fully saturated rings. The minimum atomic E-state index is -0.299. The third-order valence-corrected chi connectivity index (χ3v) is 14.3. The van der Waals surface area contributed by atoms with Gasteiger partial charge < -0.3 is 0 Å². The van der Waals surface area contributed by atoms with Gasteiger partial charge in [0, 0.05) is 11.1 Å². The van der Waals surface area contributed by atoms with Crippen molar-refractivity contribution >= 4 is 44.8 Å². The number of hydrogen-bond donors (Lipinski definition) is 0. The molecular weight excluding hydrogens is 346 g/mol. The van der Waals surface area contributed by atoms with Crippen LogP contribution < -0.4 is 0 Å². The number of hydrogen-bond acceptors (Lipinski definition) is 2. The lowest BCUT2D eigenvalue weighted by Gasteiger charge is -2.60. The SMILES string of the molecule is CC(C)(C)N1P(Br)N(C(C)(C)C)P1Br. The van der Waals surface area contributed by atoms with Gasteiger partial charge in [0.05, 0.1) is 0 Å². The monoisotopic (exact) mass is 362 g/mol. The molecule has 1 aliphatic heterocycles. The summed E-state index contributed by atoms with van der Waals surface area (Å²) >= 11 is 7.62. The van der Waals surface area contributed by atoms with Crippen molar-refractivity contribution in [2.75, 3.05) is 0 Å². The van der Waals surface area contributed by atoms with Crippen LogP contribution in [0.3, 0.4) is 0 Å². The molecule has 1 aliphatic rings. The predicted octanol–water partition coefficient (Wildman–Crippen LogP) is 5.44. The summed E-state index contributed by atoms with van der Waals surface area (Å²) in [5.74, 6) is 0. The molecular formula is C8H18Br2N2P2. The maximum atomic E-state index is 3.81. The summed E-state index contributed by atoms with van der Waals surface area (Å²) in [5, 5.41) is 0. The Balaban J connectivity index is 2.76. The molecule has 14 heavy (non-hydrogen) atoms. The van der Waals surface area contributed by atoms with Gasteiger partial charge in [-0.2, -0.15) is 0 Å². The van der Waals surface area contributed by atoms with Gasteiger partial charge >= 0.3 is 0 Å². The molecule has 6 heteroatoms.